The molecule has 108 heavy (non-hydrogen) atoms. The van der Waals surface area contributed by atoms with E-state index in [2.05, 4.69) is 6.33 Å². The molecule has 18 aromatic rings. The Labute approximate surface area is 699 Å². The summed E-state index contributed by atoms with van der Waals surface area (Å²) in [6.45, 7) is 2.81. The van der Waals surface area contributed by atoms with Crippen LogP contribution in [0, 0.1) is 13.2 Å². The van der Waals surface area contributed by atoms with Gasteiger partial charge in [0.05, 0.1) is 93.8 Å². The first-order valence-corrected chi connectivity index (χ1v) is 37.4. The normalized spacial score (nSPS) is 18.1. The van der Waals surface area contributed by atoms with Crippen molar-refractivity contribution in [3.63, 3.8) is 0 Å². The molecular weight excluding hydrogens is 1340 g/mol. The zero-order valence-electron chi connectivity index (χ0n) is 104. The molecule has 15 aromatic carbocycles. The van der Waals surface area contributed by atoms with Gasteiger partial charge in [0.25, 0.3) is 6.33 Å². The molecule has 18 rings (SSSR count). The van der Waals surface area contributed by atoms with Crippen molar-refractivity contribution in [2.45, 2.75) is 33.0 Å². The van der Waals surface area contributed by atoms with Gasteiger partial charge in [0.2, 0.25) is 0 Å². The highest BCUT2D eigenvalue weighted by molar-refractivity contribution is 7.21. The van der Waals surface area contributed by atoms with Crippen LogP contribution in [0.25, 0.3) is 94.5 Å². The number of rotatable bonds is 17. The van der Waals surface area contributed by atoms with Gasteiger partial charge in [-0.2, -0.15) is 0 Å². The minimum atomic E-state index is -7.21. The Morgan fingerprint density at radius 1 is 0.398 bits per heavy atom. The van der Waals surface area contributed by atoms with Crippen molar-refractivity contribution < 1.29 is 73.7 Å². The molecule has 0 atom stereocenters. The van der Waals surface area contributed by atoms with Crippen molar-refractivity contribution in [2.24, 2.45) is 0 Å². The molecule has 0 bridgehead atoms. The van der Waals surface area contributed by atoms with Crippen molar-refractivity contribution in [3.8, 4) is 73.2 Å². The molecule has 0 saturated carbocycles. The van der Waals surface area contributed by atoms with E-state index in [1.54, 1.807) is 65.2 Å². The number of benzene rings is 15. The van der Waals surface area contributed by atoms with Crippen molar-refractivity contribution in [1.29, 1.82) is 0 Å². The summed E-state index contributed by atoms with van der Waals surface area (Å²) < 4.78 is 469. The molecular formula is C101H78N4OSi2. The van der Waals surface area contributed by atoms with Gasteiger partial charge in [0.15, 0.2) is 16.1 Å². The number of pyridine rings is 1. The van der Waals surface area contributed by atoms with E-state index in [1.165, 1.54) is 47.0 Å². The number of aryl methyl sites for hydroxylation is 1. The molecule has 3 heterocycles. The number of nitrogens with zero attached hydrogens (tertiary/aromatic N) is 4. The molecule has 0 fully saturated rings. The summed E-state index contributed by atoms with van der Waals surface area (Å²) in [5, 5.41) is -9.65. The predicted octanol–water partition coefficient (Wildman–Crippen LogP) is 19.0. The van der Waals surface area contributed by atoms with E-state index in [1.807, 2.05) is 32.9 Å². The van der Waals surface area contributed by atoms with Gasteiger partial charge in [-0.05, 0) is 158 Å². The first-order valence-electron chi connectivity index (χ1n) is 56.9. The highest BCUT2D eigenvalue weighted by Crippen LogP contribution is 2.39. The lowest BCUT2D eigenvalue weighted by Crippen LogP contribution is -2.76. The lowest BCUT2D eigenvalue weighted by atomic mass is 9.86. The number of aromatic nitrogens is 4. The van der Waals surface area contributed by atoms with Crippen LogP contribution in [-0.2, 0) is 5.41 Å². The van der Waals surface area contributed by atoms with E-state index < -0.39 is 375 Å². The molecule has 3 aromatic heterocycles. The van der Waals surface area contributed by atoms with E-state index in [0.29, 0.717) is 32.9 Å². The van der Waals surface area contributed by atoms with Crippen LogP contribution in [0.4, 0.5) is 0 Å². The Balaban J connectivity index is 1.09. The molecule has 7 heteroatoms. The third kappa shape index (κ3) is 11.9. The lowest BCUT2D eigenvalue weighted by Gasteiger charge is -2.37. The average molecular weight is 1470 g/mol. The standard InChI is InChI=1S/C101H78N4OSi2/c1-72-63-99(102-70-93(72)75-35-15-6-16-36-75)105-94-54-30-29-53-90(94)91-61-60-82(69-96(91)105)106-81-39-32-38-80(68-81)103-71-104(95-62-57-76(66-97(95)103)74-55-58-79(59-56-74)101(2,3)4)100-92(77-37-31-52-89(64-77)107(83-40-17-7-18-41-83,84-42-19-8-20-43-84)85-44-21-9-22-45-85)65-78(73-33-13-5-14-34-73)67-98(100)108(86-46-23-10-24-47-86,87-48-25-11-26-49-87)88-50-27-12-28-51-88/h5-70H,1-4H3/i1D3,5D,6D,7D,8D,9D,10D,11D,12D,13D,14D,15D,16D,17D,18D,19D,20D,21D,22D,23D,24D,25D,26D,27D,28D,31D,33D,34D,35D,36D,37D,40D,41D,42D,43D,44D,45D,46D,47D,48D,49D,50D,51D,52D,64D. The fraction of sp³-hybridized carbons (Fsp3) is 0.0495. The summed E-state index contributed by atoms with van der Waals surface area (Å²) in [7, 11) is -14.3. The minimum absolute atomic E-state index is 0.0200. The summed E-state index contributed by atoms with van der Waals surface area (Å²) in [5.74, 6) is -0.113. The van der Waals surface area contributed by atoms with Gasteiger partial charge in [-0.3, -0.25) is 13.7 Å². The second kappa shape index (κ2) is 28.1. The quantitative estimate of drug-likeness (QED) is 0.0394. The Hall–Kier alpha value is -13.0. The van der Waals surface area contributed by atoms with Gasteiger partial charge in [-0.25, -0.2) is 4.98 Å². The van der Waals surface area contributed by atoms with Crippen LogP contribution in [0.1, 0.15) is 96.3 Å². The van der Waals surface area contributed by atoms with Crippen molar-refractivity contribution >= 4 is 90.5 Å². The maximum absolute atomic E-state index is 11.8. The fourth-order valence-corrected chi connectivity index (χ4v) is 21.3. The molecule has 0 aliphatic carbocycles. The number of imidazole rings is 1. The second-order valence-corrected chi connectivity index (χ2v) is 32.7. The van der Waals surface area contributed by atoms with E-state index >= 15 is 0 Å². The second-order valence-electron chi connectivity index (χ2n) is 25.7. The Bertz CT molecular complexity index is 8710. The Morgan fingerprint density at radius 3 is 1.50 bits per heavy atom. The summed E-state index contributed by atoms with van der Waals surface area (Å²) >= 11 is 0. The van der Waals surface area contributed by atoms with Crippen LogP contribution in [0.15, 0.2) is 399 Å². The molecule has 5 nitrogen and oxygen atoms in total. The van der Waals surface area contributed by atoms with E-state index in [4.69, 9.17) is 26.2 Å². The highest BCUT2D eigenvalue weighted by atomic mass is 28.3. The van der Waals surface area contributed by atoms with E-state index in [0.717, 1.165) is 28.5 Å². The minimum Gasteiger partial charge on any atom is -0.458 e. The smallest absolute Gasteiger partial charge is 0.269 e. The monoisotopic (exact) mass is 1470 g/mol. The maximum atomic E-state index is 11.8. The fourth-order valence-electron chi connectivity index (χ4n) is 13.8. The maximum Gasteiger partial charge on any atom is 0.269 e. The van der Waals surface area contributed by atoms with Crippen LogP contribution in [0.5, 0.6) is 11.5 Å². The molecule has 0 unspecified atom stereocenters. The third-order valence-corrected chi connectivity index (χ3v) is 26.8. The SMILES string of the molecule is [2H]c1c([2H])c([2H])c(-c2cc(-c3c([2H])c([2H])c([2H])c([Si](c4c([2H])c([2H])c([2H])c([2H])c4[2H])(c4c([2H])c([2H])c([2H])c([2H])c4[2H])c4c([2H])c([2H])c([2H])c([2H])c4[2H])c3[2H])c(-[n+]3[c-]n(-c4cccc(Oc5ccc6c7ccccc7n(-c7cc(C([2H])([2H])[2H])c(-c8c([2H])c([2H])c([2H])c([2H])c8[2H])cn7)c6c5)c4)c4cc(-c5ccc(C(C)(C)C)cc5)ccc43)c([Si](c3c([2H])c([2H])c([2H])c([2H])c3[2H])(c3c([2H])c([2H])c([2H])c([2H])c3[2H])c3c([2H])c([2H])c([2H])c([2H])c3[2H])c2)c([2H])c1[2H]. The van der Waals surface area contributed by atoms with Gasteiger partial charge in [-0.1, -0.05) is 353 Å². The van der Waals surface area contributed by atoms with Gasteiger partial charge >= 0.3 is 0 Å². The van der Waals surface area contributed by atoms with Crippen LogP contribution >= 0.6 is 0 Å². The van der Waals surface area contributed by atoms with Crippen LogP contribution < -0.4 is 50.8 Å². The van der Waals surface area contributed by atoms with Gasteiger partial charge in [0.1, 0.15) is 17.3 Å². The zero-order chi connectivity index (χ0) is 114. The van der Waals surface area contributed by atoms with Crippen molar-refractivity contribution in [3.05, 3.63) is 417 Å². The van der Waals surface area contributed by atoms with E-state index in [-0.39, 0.29) is 39.6 Å². The van der Waals surface area contributed by atoms with Crippen LogP contribution in [-0.4, -0.2) is 30.3 Å². The average Bonchev–Trinajstić information content (AvgIpc) is 1.30. The number of para-hydroxylation sites is 1. The van der Waals surface area contributed by atoms with Crippen LogP contribution in [0.2, 0.25) is 0 Å². The summed E-state index contributed by atoms with van der Waals surface area (Å²) in [4.78, 5) is 4.72. The molecule has 516 valence electrons. The molecule has 0 aliphatic heterocycles. The van der Waals surface area contributed by atoms with Crippen molar-refractivity contribution in [2.75, 3.05) is 0 Å². The number of ether oxygens (including phenoxy) is 1. The predicted molar refractivity (Wildman–Crippen MR) is 455 cm³/mol. The van der Waals surface area contributed by atoms with Crippen molar-refractivity contribution in [1.82, 2.24) is 14.1 Å². The van der Waals surface area contributed by atoms with Gasteiger partial charge in [-0.15, -0.1) is 0 Å². The molecule has 0 radical (unpaired) electrons. The number of hydrogen-bond donors (Lipinski definition) is 0. The van der Waals surface area contributed by atoms with Gasteiger partial charge < -0.3 is 4.74 Å². The molecule has 0 amide bonds. The summed E-state index contributed by atoms with van der Waals surface area (Å²) in [6, 6.07) is -26.0. The molecule has 0 saturated heterocycles. The first kappa shape index (κ1) is 33.2. The summed E-state index contributed by atoms with van der Waals surface area (Å²) in [6.07, 6.45) is 4.39. The highest BCUT2D eigenvalue weighted by Gasteiger charge is 2.46. The topological polar surface area (TPSA) is 35.9 Å². The Kier molecular flexibility index (Phi) is 8.63. The molecule has 0 N–H and O–H groups in total. The van der Waals surface area contributed by atoms with E-state index in [9.17, 15) is 48.0 Å². The number of hydrogen-bond acceptors (Lipinski definition) is 2. The lowest BCUT2D eigenvalue weighted by molar-refractivity contribution is -0.570. The zero-order valence-corrected chi connectivity index (χ0v) is 58.9. The molecule has 0 aliphatic rings. The number of fused-ring (bicyclic) bond motifs is 4. The first-order chi connectivity index (χ1) is 72.5. The third-order valence-electron chi connectivity index (χ3n) is 18.6. The largest absolute Gasteiger partial charge is 0.458 e. The van der Waals surface area contributed by atoms with Crippen LogP contribution in [0.3, 0.4) is 0 Å². The molecule has 0 spiro atoms. The van der Waals surface area contributed by atoms with Gasteiger partial charge in [0, 0.05) is 32.7 Å². The Morgan fingerprint density at radius 2 is 0.917 bits per heavy atom. The summed E-state index contributed by atoms with van der Waals surface area (Å²) in [5.41, 5.74) is -5.50.